The van der Waals surface area contributed by atoms with Gasteiger partial charge in [0.2, 0.25) is 0 Å². The third-order valence-corrected chi connectivity index (χ3v) is 12.3. The number of phenolic OH excluding ortho intramolecular Hbond substituents is 4. The smallest absolute Gasteiger partial charge is 0.347 e. The van der Waals surface area contributed by atoms with Crippen LogP contribution in [0.2, 0.25) is 0 Å². The maximum atomic E-state index is 13.8. The van der Waals surface area contributed by atoms with E-state index in [-0.39, 0.29) is 86.0 Å². The highest BCUT2D eigenvalue weighted by molar-refractivity contribution is 7.72. The average Bonchev–Trinajstić information content (AvgIpc) is 2.87. The molecule has 0 saturated carbocycles. The Labute approximate surface area is 242 Å². The number of aromatic hydroxyl groups is 4. The van der Waals surface area contributed by atoms with Gasteiger partial charge in [-0.1, -0.05) is 12.1 Å². The fraction of sp³-hybridized carbons (Fsp3) is 0.538. The van der Waals surface area contributed by atoms with E-state index in [2.05, 4.69) is 5.32 Å². The molecule has 2 aromatic rings. The van der Waals surface area contributed by atoms with Crippen LogP contribution in [0.1, 0.15) is 55.9 Å². The summed E-state index contributed by atoms with van der Waals surface area (Å²) in [7, 11) is -8.01. The zero-order valence-electron chi connectivity index (χ0n) is 23.7. The van der Waals surface area contributed by atoms with Crippen LogP contribution in [-0.2, 0) is 27.2 Å². The van der Waals surface area contributed by atoms with Gasteiger partial charge in [0.25, 0.3) is 0 Å². The third-order valence-electron chi connectivity index (χ3n) is 6.26. The molecule has 40 heavy (non-hydrogen) atoms. The van der Waals surface area contributed by atoms with Crippen molar-refractivity contribution in [3.05, 3.63) is 46.5 Å². The maximum absolute atomic E-state index is 13.8. The van der Waals surface area contributed by atoms with Crippen molar-refractivity contribution >= 4 is 27.6 Å². The number of halogens is 1. The van der Waals surface area contributed by atoms with E-state index in [0.29, 0.717) is 11.1 Å². The molecule has 0 aliphatic carbocycles. The van der Waals surface area contributed by atoms with Crippen molar-refractivity contribution in [3.63, 3.8) is 0 Å². The molecule has 228 valence electrons. The minimum Gasteiger partial charge on any atom is -0.508 e. The first-order chi connectivity index (χ1) is 18.4. The van der Waals surface area contributed by atoms with Gasteiger partial charge < -0.3 is 43.8 Å². The molecule has 5 N–H and O–H groups in total. The molecule has 2 aromatic carbocycles. The molecule has 0 aliphatic heterocycles. The zero-order valence-corrected chi connectivity index (χ0v) is 26.4. The summed E-state index contributed by atoms with van der Waals surface area (Å²) in [6.07, 6.45) is 0. The van der Waals surface area contributed by atoms with Gasteiger partial charge in [-0.15, -0.1) is 12.4 Å². The molecule has 0 bridgehead atoms. The first kappa shape index (κ1) is 36.2. The summed E-state index contributed by atoms with van der Waals surface area (Å²) in [6, 6.07) is 5.92. The summed E-state index contributed by atoms with van der Waals surface area (Å²) < 4.78 is 49.8. The summed E-state index contributed by atoms with van der Waals surface area (Å²) in [6.45, 7) is 9.69. The van der Waals surface area contributed by atoms with E-state index < -0.39 is 26.5 Å². The molecule has 0 unspecified atom stereocenters. The molecular formula is C26H42ClNO10P2. The minimum absolute atomic E-state index is 0. The summed E-state index contributed by atoms with van der Waals surface area (Å²) in [5, 5.41) is 43.7. The monoisotopic (exact) mass is 625 g/mol. The molecule has 0 radical (unpaired) electrons. The first-order valence-electron chi connectivity index (χ1n) is 12.9. The van der Waals surface area contributed by atoms with Crippen LogP contribution in [0.15, 0.2) is 24.3 Å². The van der Waals surface area contributed by atoms with Gasteiger partial charge in [0.05, 0.1) is 26.4 Å². The van der Waals surface area contributed by atoms with Crippen molar-refractivity contribution in [2.75, 3.05) is 39.5 Å². The molecule has 0 saturated heterocycles. The molecule has 0 amide bonds. The molecule has 0 aliphatic rings. The van der Waals surface area contributed by atoms with Crippen molar-refractivity contribution in [3.8, 4) is 23.0 Å². The van der Waals surface area contributed by atoms with Crippen molar-refractivity contribution in [2.24, 2.45) is 0 Å². The average molecular weight is 626 g/mol. The summed E-state index contributed by atoms with van der Waals surface area (Å²) >= 11 is 0. The lowest BCUT2D eigenvalue weighted by Crippen LogP contribution is -2.33. The Morgan fingerprint density at radius 2 is 1.02 bits per heavy atom. The largest absolute Gasteiger partial charge is 0.508 e. The van der Waals surface area contributed by atoms with E-state index in [1.807, 2.05) is 0 Å². The Kier molecular flexibility index (Phi) is 14.5. The van der Waals surface area contributed by atoms with E-state index >= 15 is 0 Å². The Bertz CT molecular complexity index is 1100. The SMILES string of the molecule is CCOP(=O)(OCC)C(CNCC(c1ccc(O)c(C)c1O)c1ccc(O)c(C)c1O)P(=O)(OCC)OCC.Cl. The van der Waals surface area contributed by atoms with Gasteiger partial charge in [-0.3, -0.25) is 9.13 Å². The van der Waals surface area contributed by atoms with Gasteiger partial charge >= 0.3 is 15.2 Å². The Hall–Kier alpha value is -1.81. The normalized spacial score (nSPS) is 12.2. The van der Waals surface area contributed by atoms with E-state index in [0.717, 1.165) is 0 Å². The summed E-state index contributed by atoms with van der Waals surface area (Å²) in [5.41, 5.74) is 1.26. The van der Waals surface area contributed by atoms with E-state index in [1.54, 1.807) is 41.5 Å². The second kappa shape index (κ2) is 16.0. The van der Waals surface area contributed by atoms with E-state index in [1.165, 1.54) is 24.3 Å². The van der Waals surface area contributed by atoms with Crippen LogP contribution in [-0.4, -0.2) is 65.3 Å². The molecule has 2 rings (SSSR count). The van der Waals surface area contributed by atoms with Gasteiger partial charge in [-0.25, -0.2) is 0 Å². The summed E-state index contributed by atoms with van der Waals surface area (Å²) in [4.78, 5) is 0. The van der Waals surface area contributed by atoms with Gasteiger partial charge in [-0.2, -0.15) is 0 Å². The van der Waals surface area contributed by atoms with Crippen LogP contribution in [0, 0.1) is 13.8 Å². The predicted octanol–water partition coefficient (Wildman–Crippen LogP) is 6.13. The lowest BCUT2D eigenvalue weighted by atomic mass is 9.87. The van der Waals surface area contributed by atoms with Crippen LogP contribution >= 0.6 is 27.6 Å². The van der Waals surface area contributed by atoms with Gasteiger partial charge in [-0.05, 0) is 53.7 Å². The highest BCUT2D eigenvalue weighted by Crippen LogP contribution is 2.70. The molecular weight excluding hydrogens is 584 g/mol. The van der Waals surface area contributed by atoms with Crippen LogP contribution in [0.25, 0.3) is 0 Å². The highest BCUT2D eigenvalue weighted by Gasteiger charge is 2.50. The standard InChI is InChI=1S/C26H41NO10P2.ClH/c1-7-34-38(32,35-8-2)24(39(33,36-9-3)37-10-4)16-27-15-21(19-11-13-22(28)17(5)25(19)30)20-12-14-23(29)18(6)26(20)31;/h11-14,21,24,27-31H,7-10,15-16H2,1-6H3;1H. The number of benzene rings is 2. The van der Waals surface area contributed by atoms with Gasteiger partial charge in [0.15, 0.2) is 5.40 Å². The Balaban J connectivity index is 0.00000800. The minimum atomic E-state index is -4.00. The number of phenols is 4. The summed E-state index contributed by atoms with van der Waals surface area (Å²) in [5.74, 6) is -1.25. The molecule has 11 nitrogen and oxygen atoms in total. The van der Waals surface area contributed by atoms with Crippen LogP contribution in [0.4, 0.5) is 0 Å². The van der Waals surface area contributed by atoms with E-state index in [4.69, 9.17) is 18.1 Å². The molecule has 0 fully saturated rings. The third kappa shape index (κ3) is 8.14. The van der Waals surface area contributed by atoms with Crippen LogP contribution in [0.5, 0.6) is 23.0 Å². The van der Waals surface area contributed by atoms with Crippen molar-refractivity contribution in [1.82, 2.24) is 5.32 Å². The fourth-order valence-corrected chi connectivity index (χ4v) is 9.43. The molecule has 0 aromatic heterocycles. The fourth-order valence-electron chi connectivity index (χ4n) is 4.26. The first-order valence-corrected chi connectivity index (χ1v) is 16.1. The van der Waals surface area contributed by atoms with Crippen molar-refractivity contribution in [1.29, 1.82) is 0 Å². The number of hydrogen-bond acceptors (Lipinski definition) is 11. The predicted molar refractivity (Wildman–Crippen MR) is 156 cm³/mol. The van der Waals surface area contributed by atoms with Crippen LogP contribution < -0.4 is 5.32 Å². The molecule has 0 spiro atoms. The molecule has 0 heterocycles. The number of hydrogen-bond donors (Lipinski definition) is 5. The Morgan fingerprint density at radius 1 is 0.675 bits per heavy atom. The second-order valence-electron chi connectivity index (χ2n) is 8.74. The highest BCUT2D eigenvalue weighted by atomic mass is 35.5. The topological polar surface area (TPSA) is 164 Å². The number of rotatable bonds is 16. The zero-order chi connectivity index (χ0) is 29.4. The lowest BCUT2D eigenvalue weighted by molar-refractivity contribution is 0.194. The van der Waals surface area contributed by atoms with Gasteiger partial charge in [0, 0.05) is 41.3 Å². The van der Waals surface area contributed by atoms with Crippen molar-refractivity contribution < 1.29 is 47.7 Å². The Morgan fingerprint density at radius 3 is 1.35 bits per heavy atom. The second-order valence-corrected chi connectivity index (χ2v) is 13.6. The van der Waals surface area contributed by atoms with Crippen molar-refractivity contribution in [2.45, 2.75) is 52.9 Å². The van der Waals surface area contributed by atoms with E-state index in [9.17, 15) is 29.6 Å². The van der Waals surface area contributed by atoms with Crippen LogP contribution in [0.3, 0.4) is 0 Å². The maximum Gasteiger partial charge on any atom is 0.347 e. The lowest BCUT2D eigenvalue weighted by Gasteiger charge is -2.32. The quantitative estimate of drug-likeness (QED) is 0.136. The molecule has 14 heteroatoms. The molecule has 0 atom stereocenters. The number of nitrogens with one attached hydrogen (secondary N) is 1. The van der Waals surface area contributed by atoms with Gasteiger partial charge in [0.1, 0.15) is 23.0 Å².